The Morgan fingerprint density at radius 1 is 1.31 bits per heavy atom. The van der Waals surface area contributed by atoms with E-state index in [0.29, 0.717) is 11.3 Å². The van der Waals surface area contributed by atoms with Crippen molar-refractivity contribution in [2.45, 2.75) is 19.4 Å². The second-order valence-electron chi connectivity index (χ2n) is 8.45. The zero-order chi connectivity index (χ0) is 25.6. The minimum atomic E-state index is -1.07. The van der Waals surface area contributed by atoms with Crippen LogP contribution in [0.15, 0.2) is 42.9 Å². The Bertz CT molecular complexity index is 1480. The lowest BCUT2D eigenvalue weighted by Crippen LogP contribution is -2.45. The van der Waals surface area contributed by atoms with E-state index in [1.54, 1.807) is 16.7 Å². The van der Waals surface area contributed by atoms with E-state index >= 15 is 8.78 Å². The molecule has 5 rings (SSSR count). The van der Waals surface area contributed by atoms with Gasteiger partial charge in [-0.3, -0.25) is 10.1 Å². The fraction of sp³-hybridized carbons (Fsp3) is 0.261. The largest absolute Gasteiger partial charge is 0.465 e. The van der Waals surface area contributed by atoms with Gasteiger partial charge >= 0.3 is 11.8 Å². The average molecular weight is 498 g/mol. The highest BCUT2D eigenvalue weighted by Crippen LogP contribution is 2.33. The molecule has 0 saturated carbocycles. The van der Waals surface area contributed by atoms with Gasteiger partial charge in [-0.25, -0.2) is 23.2 Å². The van der Waals surface area contributed by atoms with Crippen molar-refractivity contribution < 1.29 is 28.3 Å². The fourth-order valence-corrected chi connectivity index (χ4v) is 4.29. The third-order valence-corrected chi connectivity index (χ3v) is 6.02. The van der Waals surface area contributed by atoms with Crippen LogP contribution < -0.4 is 0 Å². The predicted octanol–water partition coefficient (Wildman–Crippen LogP) is 3.60. The quantitative estimate of drug-likeness (QED) is 0.329. The predicted molar refractivity (Wildman–Crippen MR) is 122 cm³/mol. The smallest absolute Gasteiger partial charge is 0.407 e. The first-order valence-electron chi connectivity index (χ1n) is 11.0. The molecule has 1 amide bonds. The Kier molecular flexibility index (Phi) is 5.84. The van der Waals surface area contributed by atoms with Crippen LogP contribution in [-0.2, 0) is 11.2 Å². The Morgan fingerprint density at radius 3 is 2.72 bits per heavy atom. The van der Waals surface area contributed by atoms with E-state index < -0.39 is 28.8 Å². The number of carbonyl (C=O) groups is 1. The van der Waals surface area contributed by atoms with Gasteiger partial charge in [-0.2, -0.15) is 5.10 Å². The Labute approximate surface area is 202 Å². The summed E-state index contributed by atoms with van der Waals surface area (Å²) >= 11 is 0. The van der Waals surface area contributed by atoms with Crippen LogP contribution in [0.1, 0.15) is 11.3 Å². The summed E-state index contributed by atoms with van der Waals surface area (Å²) < 4.78 is 39.3. The monoisotopic (exact) mass is 498 g/mol. The van der Waals surface area contributed by atoms with E-state index in [-0.39, 0.29) is 48.7 Å². The average Bonchev–Trinajstić information content (AvgIpc) is 3.45. The number of nitro groups is 1. The molecule has 3 aromatic heterocycles. The van der Waals surface area contributed by atoms with Gasteiger partial charge < -0.3 is 19.1 Å². The third kappa shape index (κ3) is 4.24. The van der Waals surface area contributed by atoms with Crippen molar-refractivity contribution in [1.82, 2.24) is 24.1 Å². The van der Waals surface area contributed by atoms with Crippen LogP contribution in [0.5, 0.6) is 0 Å². The number of morpholine rings is 1. The molecule has 1 unspecified atom stereocenters. The number of halogens is 2. The summed E-state index contributed by atoms with van der Waals surface area (Å²) in [6, 6.07) is 5.65. The number of hydrogen-bond donors (Lipinski definition) is 1. The maximum Gasteiger partial charge on any atom is 0.407 e. The normalized spacial score (nSPS) is 16.0. The molecule has 1 aliphatic heterocycles. The number of benzene rings is 1. The maximum absolute atomic E-state index is 15.4. The van der Waals surface area contributed by atoms with Crippen LogP contribution >= 0.6 is 0 Å². The molecule has 1 atom stereocenters. The molecule has 186 valence electrons. The molecule has 13 heteroatoms. The molecule has 0 bridgehead atoms. The Balaban J connectivity index is 1.58. The van der Waals surface area contributed by atoms with E-state index in [1.807, 2.05) is 13.0 Å². The molecule has 4 aromatic rings. The summed E-state index contributed by atoms with van der Waals surface area (Å²) in [6.07, 6.45) is 2.34. The number of carboxylic acid groups (broad SMARTS) is 1. The number of fused-ring (bicyclic) bond motifs is 1. The molecular formula is C23H20F2N6O5. The van der Waals surface area contributed by atoms with Crippen molar-refractivity contribution in [3.05, 3.63) is 75.9 Å². The van der Waals surface area contributed by atoms with Crippen molar-refractivity contribution in [3.8, 4) is 16.9 Å². The minimum absolute atomic E-state index is 0.0317. The van der Waals surface area contributed by atoms with Crippen LogP contribution in [0.25, 0.3) is 22.6 Å². The highest BCUT2D eigenvalue weighted by atomic mass is 19.1. The van der Waals surface area contributed by atoms with E-state index in [9.17, 15) is 20.0 Å². The van der Waals surface area contributed by atoms with E-state index in [0.717, 1.165) is 34.8 Å². The molecule has 36 heavy (non-hydrogen) atoms. The number of aryl methyl sites for hydroxylation is 1. The van der Waals surface area contributed by atoms with Crippen molar-refractivity contribution in [1.29, 1.82) is 0 Å². The number of rotatable bonds is 5. The molecular weight excluding hydrogens is 478 g/mol. The maximum atomic E-state index is 15.4. The number of pyridine rings is 1. The minimum Gasteiger partial charge on any atom is -0.465 e. The number of amides is 1. The van der Waals surface area contributed by atoms with Gasteiger partial charge in [0.15, 0.2) is 0 Å². The van der Waals surface area contributed by atoms with Gasteiger partial charge in [-0.15, -0.1) is 0 Å². The number of nitrogens with zero attached hydrogens (tertiary/aromatic N) is 6. The van der Waals surface area contributed by atoms with Gasteiger partial charge in [0.05, 0.1) is 46.8 Å². The Morgan fingerprint density at radius 2 is 2.06 bits per heavy atom. The van der Waals surface area contributed by atoms with Gasteiger partial charge in [0.1, 0.15) is 29.7 Å². The van der Waals surface area contributed by atoms with Gasteiger partial charge in [-0.1, -0.05) is 0 Å². The molecule has 1 fully saturated rings. The lowest BCUT2D eigenvalue weighted by atomic mass is 10.0. The van der Waals surface area contributed by atoms with Crippen LogP contribution in [-0.4, -0.2) is 66.0 Å². The topological polar surface area (TPSA) is 128 Å². The van der Waals surface area contributed by atoms with Gasteiger partial charge in [-0.05, 0) is 24.6 Å². The van der Waals surface area contributed by atoms with Crippen molar-refractivity contribution in [2.24, 2.45) is 0 Å². The lowest BCUT2D eigenvalue weighted by Gasteiger charge is -2.31. The first-order chi connectivity index (χ1) is 17.2. The second kappa shape index (κ2) is 9.00. The van der Waals surface area contributed by atoms with Crippen LogP contribution in [0.4, 0.5) is 19.3 Å². The molecule has 4 heterocycles. The molecule has 0 radical (unpaired) electrons. The van der Waals surface area contributed by atoms with Crippen molar-refractivity contribution in [3.63, 3.8) is 0 Å². The summed E-state index contributed by atoms with van der Waals surface area (Å²) in [5.74, 6) is -1.86. The van der Waals surface area contributed by atoms with Gasteiger partial charge in [0.2, 0.25) is 0 Å². The zero-order valence-corrected chi connectivity index (χ0v) is 19.0. The number of ether oxygens (including phenoxy) is 1. The van der Waals surface area contributed by atoms with E-state index in [2.05, 4.69) is 10.1 Å². The molecule has 11 nitrogen and oxygen atoms in total. The highest BCUT2D eigenvalue weighted by Gasteiger charge is 2.29. The number of hydrogen-bond acceptors (Lipinski definition) is 6. The molecule has 0 spiro atoms. The summed E-state index contributed by atoms with van der Waals surface area (Å²) in [6.45, 7) is 2.41. The second-order valence-corrected chi connectivity index (χ2v) is 8.45. The summed E-state index contributed by atoms with van der Waals surface area (Å²) in [5, 5.41) is 24.1. The number of aromatic nitrogens is 4. The van der Waals surface area contributed by atoms with E-state index in [4.69, 9.17) is 4.74 Å². The zero-order valence-electron chi connectivity index (χ0n) is 19.0. The lowest BCUT2D eigenvalue weighted by molar-refractivity contribution is -0.384. The standard InChI is InChI=1S/C23H20F2N6O5/c1-13-2-3-29-19(9-16-12-28(23(32)33)4-5-36-16)22(27-20(29)6-13)21-17(24)7-14(8-18(21)25)30-11-15(10-26-30)31(34)35/h2-3,6-8,10-11,16H,4-5,9,12H2,1H3,(H,32,33). The highest BCUT2D eigenvalue weighted by molar-refractivity contribution is 5.69. The van der Waals surface area contributed by atoms with Crippen LogP contribution in [0.3, 0.4) is 0 Å². The summed E-state index contributed by atoms with van der Waals surface area (Å²) in [7, 11) is 0. The molecule has 1 N–H and O–H groups in total. The van der Waals surface area contributed by atoms with Gasteiger partial charge in [0, 0.05) is 31.3 Å². The molecule has 1 aromatic carbocycles. The van der Waals surface area contributed by atoms with Crippen molar-refractivity contribution >= 4 is 17.4 Å². The van der Waals surface area contributed by atoms with Crippen molar-refractivity contribution in [2.75, 3.05) is 19.7 Å². The van der Waals surface area contributed by atoms with Gasteiger partial charge in [0.25, 0.3) is 0 Å². The molecule has 0 aliphatic carbocycles. The Hall–Kier alpha value is -4.39. The molecule has 1 saturated heterocycles. The summed E-state index contributed by atoms with van der Waals surface area (Å²) in [4.78, 5) is 27.4. The third-order valence-electron chi connectivity index (χ3n) is 6.02. The summed E-state index contributed by atoms with van der Waals surface area (Å²) in [5.41, 5.74) is 1.16. The van der Waals surface area contributed by atoms with Crippen LogP contribution in [0.2, 0.25) is 0 Å². The van der Waals surface area contributed by atoms with E-state index in [1.165, 1.54) is 4.90 Å². The van der Waals surface area contributed by atoms with Crippen LogP contribution in [0, 0.1) is 28.7 Å². The number of imidazole rings is 1. The SMILES string of the molecule is Cc1ccn2c(CC3CN(C(=O)O)CCO3)c(-c3c(F)cc(-n4cc([N+](=O)[O-])cn4)cc3F)nc2c1. The fourth-order valence-electron chi connectivity index (χ4n) is 4.29. The molecule has 1 aliphatic rings. The first kappa shape index (κ1) is 23.4. The first-order valence-corrected chi connectivity index (χ1v) is 11.0.